The molecule has 0 unspecified atom stereocenters. The lowest BCUT2D eigenvalue weighted by Crippen LogP contribution is -2.22. The summed E-state index contributed by atoms with van der Waals surface area (Å²) in [7, 11) is 0. The highest BCUT2D eigenvalue weighted by molar-refractivity contribution is 7.11. The highest BCUT2D eigenvalue weighted by Crippen LogP contribution is 2.30. The number of rotatable bonds is 3. The van der Waals surface area contributed by atoms with Gasteiger partial charge in [0.15, 0.2) is 4.80 Å². The second-order valence-electron chi connectivity index (χ2n) is 6.46. The predicted octanol–water partition coefficient (Wildman–Crippen LogP) is 2.84. The first-order chi connectivity index (χ1) is 14.2. The Bertz CT molecular complexity index is 1420. The number of aromatic nitrogens is 1. The van der Waals surface area contributed by atoms with Crippen LogP contribution in [0.15, 0.2) is 94.9 Å². The molecule has 0 aliphatic carbocycles. The molecule has 0 spiro atoms. The highest BCUT2D eigenvalue weighted by atomic mass is 32.1. The van der Waals surface area contributed by atoms with Crippen LogP contribution in [-0.4, -0.2) is 15.6 Å². The second kappa shape index (κ2) is 7.00. The Balaban J connectivity index is 1.84. The molecule has 5 rings (SSSR count). The van der Waals surface area contributed by atoms with Gasteiger partial charge in [0.1, 0.15) is 4.88 Å². The van der Waals surface area contributed by atoms with E-state index in [1.165, 1.54) is 11.3 Å². The van der Waals surface area contributed by atoms with Crippen LogP contribution in [-0.2, 0) is 4.79 Å². The Morgan fingerprint density at radius 2 is 1.52 bits per heavy atom. The fourth-order valence-electron chi connectivity index (χ4n) is 3.32. The highest BCUT2D eigenvalue weighted by Gasteiger charge is 2.26. The largest absolute Gasteiger partial charge is 0.493 e. The molecule has 0 saturated heterocycles. The van der Waals surface area contributed by atoms with Crippen molar-refractivity contribution in [2.45, 2.75) is 0 Å². The van der Waals surface area contributed by atoms with Crippen molar-refractivity contribution in [3.63, 3.8) is 0 Å². The van der Waals surface area contributed by atoms with E-state index in [2.05, 4.69) is 4.99 Å². The molecular formula is C23H15N3O2S. The number of benzene rings is 3. The van der Waals surface area contributed by atoms with E-state index >= 15 is 0 Å². The number of para-hydroxylation sites is 3. The summed E-state index contributed by atoms with van der Waals surface area (Å²) in [6, 6.07) is 26.3. The first kappa shape index (κ1) is 17.3. The molecule has 2 heterocycles. The first-order valence-electron chi connectivity index (χ1n) is 9.05. The van der Waals surface area contributed by atoms with Crippen LogP contribution < -0.4 is 15.4 Å². The quantitative estimate of drug-likeness (QED) is 0.578. The zero-order valence-corrected chi connectivity index (χ0v) is 16.0. The molecule has 6 heteroatoms. The van der Waals surface area contributed by atoms with E-state index in [4.69, 9.17) is 4.99 Å². The Morgan fingerprint density at radius 3 is 2.28 bits per heavy atom. The van der Waals surface area contributed by atoms with Gasteiger partial charge in [-0.3, -0.25) is 9.36 Å². The second-order valence-corrected chi connectivity index (χ2v) is 7.44. The van der Waals surface area contributed by atoms with Gasteiger partial charge in [-0.15, -0.1) is 0 Å². The van der Waals surface area contributed by atoms with Crippen molar-refractivity contribution in [3.8, 4) is 11.6 Å². The molecule has 1 N–H and O–H groups in total. The Morgan fingerprint density at radius 1 is 0.862 bits per heavy atom. The summed E-state index contributed by atoms with van der Waals surface area (Å²) in [5, 5.41) is 12.5. The van der Waals surface area contributed by atoms with Gasteiger partial charge in [0, 0.05) is 5.22 Å². The predicted molar refractivity (Wildman–Crippen MR) is 112 cm³/mol. The average Bonchev–Trinajstić information content (AvgIpc) is 3.24. The Labute approximate surface area is 169 Å². The van der Waals surface area contributed by atoms with Crippen molar-refractivity contribution in [2.75, 3.05) is 0 Å². The van der Waals surface area contributed by atoms with E-state index in [1.807, 2.05) is 78.9 Å². The molecule has 0 radical (unpaired) electrons. The van der Waals surface area contributed by atoms with Gasteiger partial charge < -0.3 is 5.11 Å². The Kier molecular flexibility index (Phi) is 4.18. The standard InChI is InChI=1S/C23H15N3O2S/c27-21-19(17-13-7-8-14-18(17)25-21)20-22(28)26(16-11-5-2-6-12-16)23(29-20)24-15-9-3-1-4-10-15/h1-14,28H. The van der Waals surface area contributed by atoms with Crippen LogP contribution >= 0.6 is 11.3 Å². The molecule has 5 nitrogen and oxygen atoms in total. The van der Waals surface area contributed by atoms with Crippen molar-refractivity contribution in [2.24, 2.45) is 9.98 Å². The van der Waals surface area contributed by atoms with Gasteiger partial charge in [-0.1, -0.05) is 65.9 Å². The van der Waals surface area contributed by atoms with Crippen molar-refractivity contribution >= 4 is 28.5 Å². The van der Waals surface area contributed by atoms with E-state index in [-0.39, 0.29) is 11.8 Å². The minimum atomic E-state index is -0.353. The molecular weight excluding hydrogens is 382 g/mol. The number of amides is 1. The van der Waals surface area contributed by atoms with Crippen molar-refractivity contribution in [1.82, 2.24) is 4.57 Å². The minimum absolute atomic E-state index is 0.0221. The summed E-state index contributed by atoms with van der Waals surface area (Å²) in [5.41, 5.74) is 1.93. The maximum atomic E-state index is 12.7. The van der Waals surface area contributed by atoms with E-state index in [0.717, 1.165) is 16.6 Å². The monoisotopic (exact) mass is 397 g/mol. The third kappa shape index (κ3) is 2.99. The normalized spacial score (nSPS) is 13.4. The lowest BCUT2D eigenvalue weighted by atomic mass is 10.1. The van der Waals surface area contributed by atoms with Gasteiger partial charge in [0.25, 0.3) is 5.91 Å². The van der Waals surface area contributed by atoms with E-state index in [9.17, 15) is 9.90 Å². The van der Waals surface area contributed by atoms with Crippen LogP contribution in [0.1, 0.15) is 4.88 Å². The van der Waals surface area contributed by atoms with Gasteiger partial charge in [0.05, 0.1) is 22.3 Å². The lowest BCUT2D eigenvalue weighted by molar-refractivity contribution is -0.112. The third-order valence-corrected chi connectivity index (χ3v) is 5.68. The van der Waals surface area contributed by atoms with Crippen LogP contribution in [0.2, 0.25) is 0 Å². The zero-order chi connectivity index (χ0) is 19.8. The van der Waals surface area contributed by atoms with E-state index in [0.29, 0.717) is 20.6 Å². The molecule has 1 aromatic heterocycles. The van der Waals surface area contributed by atoms with Gasteiger partial charge in [-0.2, -0.15) is 0 Å². The number of aromatic hydroxyl groups is 1. The van der Waals surface area contributed by atoms with Gasteiger partial charge >= 0.3 is 0 Å². The maximum absolute atomic E-state index is 12.7. The lowest BCUT2D eigenvalue weighted by Gasteiger charge is -2.05. The van der Waals surface area contributed by atoms with Gasteiger partial charge in [-0.25, -0.2) is 9.98 Å². The minimum Gasteiger partial charge on any atom is -0.493 e. The molecule has 1 aliphatic rings. The topological polar surface area (TPSA) is 67.0 Å². The molecule has 0 bridgehead atoms. The van der Waals surface area contributed by atoms with Crippen molar-refractivity contribution in [3.05, 3.63) is 105 Å². The molecule has 1 amide bonds. The SMILES string of the molecule is O=C1N=c2ccccc2=C1c1sc(=Nc2ccccc2)n(-c2ccccc2)c1O. The first-order valence-corrected chi connectivity index (χ1v) is 9.87. The number of nitrogens with zero attached hydrogens (tertiary/aromatic N) is 3. The van der Waals surface area contributed by atoms with Gasteiger partial charge in [0.2, 0.25) is 5.88 Å². The van der Waals surface area contributed by atoms with Crippen LogP contribution in [0.3, 0.4) is 0 Å². The number of hydrogen-bond acceptors (Lipinski definition) is 4. The summed E-state index contributed by atoms with van der Waals surface area (Å²) in [5.74, 6) is -0.375. The summed E-state index contributed by atoms with van der Waals surface area (Å²) in [6.45, 7) is 0. The van der Waals surface area contributed by atoms with Crippen molar-refractivity contribution in [1.29, 1.82) is 0 Å². The molecule has 4 aromatic rings. The molecule has 0 saturated carbocycles. The number of thiazole rings is 1. The molecule has 29 heavy (non-hydrogen) atoms. The Hall–Kier alpha value is -3.77. The smallest absolute Gasteiger partial charge is 0.279 e. The van der Waals surface area contributed by atoms with Crippen LogP contribution in [0.25, 0.3) is 11.3 Å². The summed E-state index contributed by atoms with van der Waals surface area (Å²) >= 11 is 1.27. The molecule has 1 aliphatic heterocycles. The molecule has 0 atom stereocenters. The fourth-order valence-corrected chi connectivity index (χ4v) is 4.41. The van der Waals surface area contributed by atoms with Crippen molar-refractivity contribution < 1.29 is 9.90 Å². The zero-order valence-electron chi connectivity index (χ0n) is 15.2. The maximum Gasteiger partial charge on any atom is 0.279 e. The van der Waals surface area contributed by atoms with Gasteiger partial charge in [-0.05, 0) is 30.3 Å². The summed E-state index contributed by atoms with van der Waals surface area (Å²) in [4.78, 5) is 22.5. The van der Waals surface area contributed by atoms with E-state index in [1.54, 1.807) is 10.6 Å². The summed E-state index contributed by atoms with van der Waals surface area (Å²) in [6.07, 6.45) is 0. The number of carbonyl (C=O) groups excluding carboxylic acids is 1. The van der Waals surface area contributed by atoms with E-state index < -0.39 is 0 Å². The van der Waals surface area contributed by atoms with Crippen LogP contribution in [0.4, 0.5) is 5.69 Å². The molecule has 0 fully saturated rings. The number of carbonyl (C=O) groups is 1. The summed E-state index contributed by atoms with van der Waals surface area (Å²) < 4.78 is 1.66. The fraction of sp³-hybridized carbons (Fsp3) is 0. The molecule has 3 aromatic carbocycles. The average molecular weight is 397 g/mol. The van der Waals surface area contributed by atoms with Crippen LogP contribution in [0, 0.1) is 0 Å². The third-order valence-electron chi connectivity index (χ3n) is 4.63. The van der Waals surface area contributed by atoms with Crippen LogP contribution in [0.5, 0.6) is 5.88 Å². The molecule has 140 valence electrons. The number of hydrogen-bond donors (Lipinski definition) is 1. The number of fused-ring (bicyclic) bond motifs is 1.